The Labute approximate surface area is 186 Å². The van der Waals surface area contributed by atoms with Crippen molar-refractivity contribution < 1.29 is 14.3 Å². The van der Waals surface area contributed by atoms with Gasteiger partial charge in [-0.25, -0.2) is 5.01 Å². The lowest BCUT2D eigenvalue weighted by molar-refractivity contribution is -0.130. The number of carbonyl (C=O) groups is 1. The third-order valence-corrected chi connectivity index (χ3v) is 8.03. The zero-order chi connectivity index (χ0) is 20.9. The number of methoxy groups -OCH3 is 2. The Morgan fingerprint density at radius 3 is 2.70 bits per heavy atom. The maximum atomic E-state index is 13.3. The van der Waals surface area contributed by atoms with E-state index < -0.39 is 0 Å². The van der Waals surface area contributed by atoms with Gasteiger partial charge >= 0.3 is 0 Å². The second-order valence-corrected chi connectivity index (χ2v) is 9.87. The number of amides is 1. The van der Waals surface area contributed by atoms with Crippen LogP contribution in [0.25, 0.3) is 0 Å². The van der Waals surface area contributed by atoms with Crippen molar-refractivity contribution >= 4 is 34.7 Å². The number of rotatable bonds is 7. The standard InChI is InChI=1S/C23H28N2O3S2/c1-27-20-11-6-10-17(23(20)28-2)19-14-18(21-12-7-13-29-21)24-25(19)22(26)15-30-16-8-4-3-5-9-16/h6-7,10-13,16,19H,3-5,8-9,14-15H2,1-2H3/t19-/m1/s1. The highest BCUT2D eigenvalue weighted by Crippen LogP contribution is 2.42. The van der Waals surface area contributed by atoms with Gasteiger partial charge in [0.05, 0.1) is 36.6 Å². The van der Waals surface area contributed by atoms with Crippen molar-refractivity contribution in [3.05, 3.63) is 46.2 Å². The summed E-state index contributed by atoms with van der Waals surface area (Å²) < 4.78 is 11.2. The molecule has 1 aliphatic heterocycles. The van der Waals surface area contributed by atoms with Crippen LogP contribution in [0, 0.1) is 0 Å². The van der Waals surface area contributed by atoms with E-state index in [0.29, 0.717) is 28.9 Å². The molecule has 1 saturated carbocycles. The number of hydrogen-bond donors (Lipinski definition) is 0. The molecule has 30 heavy (non-hydrogen) atoms. The van der Waals surface area contributed by atoms with Gasteiger partial charge in [-0.05, 0) is 30.4 Å². The molecular formula is C23H28N2O3S2. The monoisotopic (exact) mass is 444 g/mol. The summed E-state index contributed by atoms with van der Waals surface area (Å²) in [6.07, 6.45) is 6.98. The summed E-state index contributed by atoms with van der Waals surface area (Å²) in [6.45, 7) is 0. The highest BCUT2D eigenvalue weighted by atomic mass is 32.2. The first kappa shape index (κ1) is 21.2. The molecule has 1 aromatic heterocycles. The van der Waals surface area contributed by atoms with Crippen LogP contribution < -0.4 is 9.47 Å². The minimum absolute atomic E-state index is 0.0620. The zero-order valence-corrected chi connectivity index (χ0v) is 19.1. The van der Waals surface area contributed by atoms with Crippen LogP contribution in [0.2, 0.25) is 0 Å². The summed E-state index contributed by atoms with van der Waals surface area (Å²) in [5, 5.41) is 9.10. The van der Waals surface area contributed by atoms with Crippen LogP contribution in [-0.2, 0) is 4.79 Å². The Morgan fingerprint density at radius 1 is 1.17 bits per heavy atom. The lowest BCUT2D eigenvalue weighted by Gasteiger charge is -2.26. The number of ether oxygens (including phenoxy) is 2. The summed E-state index contributed by atoms with van der Waals surface area (Å²) in [5.74, 6) is 1.87. The van der Waals surface area contributed by atoms with Gasteiger partial charge in [-0.1, -0.05) is 37.5 Å². The van der Waals surface area contributed by atoms with E-state index in [1.54, 1.807) is 42.3 Å². The van der Waals surface area contributed by atoms with Crippen molar-refractivity contribution in [2.45, 2.75) is 49.8 Å². The molecule has 2 heterocycles. The lowest BCUT2D eigenvalue weighted by Crippen LogP contribution is -2.29. The fourth-order valence-corrected chi connectivity index (χ4v) is 6.13. The van der Waals surface area contributed by atoms with Crippen LogP contribution in [0.3, 0.4) is 0 Å². The normalized spacial score (nSPS) is 19.6. The fraction of sp³-hybridized carbons (Fsp3) is 0.478. The van der Waals surface area contributed by atoms with Gasteiger partial charge in [0.2, 0.25) is 0 Å². The van der Waals surface area contributed by atoms with Gasteiger partial charge in [-0.15, -0.1) is 23.1 Å². The number of thiophene rings is 1. The molecule has 1 aliphatic carbocycles. The zero-order valence-electron chi connectivity index (χ0n) is 17.5. The molecule has 0 radical (unpaired) electrons. The van der Waals surface area contributed by atoms with Gasteiger partial charge in [0.15, 0.2) is 11.5 Å². The Morgan fingerprint density at radius 2 is 2.00 bits per heavy atom. The summed E-state index contributed by atoms with van der Waals surface area (Å²) in [4.78, 5) is 14.4. The molecular weight excluding hydrogens is 416 g/mol. The Bertz CT molecular complexity index is 892. The van der Waals surface area contributed by atoms with Gasteiger partial charge in [0.25, 0.3) is 5.91 Å². The van der Waals surface area contributed by atoms with Crippen molar-refractivity contribution in [3.63, 3.8) is 0 Å². The predicted molar refractivity (Wildman–Crippen MR) is 124 cm³/mol. The number of thioether (sulfide) groups is 1. The molecule has 5 nitrogen and oxygen atoms in total. The molecule has 0 saturated heterocycles. The average molecular weight is 445 g/mol. The van der Waals surface area contributed by atoms with Crippen molar-refractivity contribution in [2.24, 2.45) is 5.10 Å². The number of hydrazone groups is 1. The summed E-state index contributed by atoms with van der Waals surface area (Å²) in [7, 11) is 3.27. The highest BCUT2D eigenvalue weighted by molar-refractivity contribution is 8.00. The SMILES string of the molecule is COc1cccc([C@H]2CC(c3cccs3)=NN2C(=O)CSC2CCCCC2)c1OC. The Balaban J connectivity index is 1.59. The van der Waals surface area contributed by atoms with Gasteiger partial charge in [-0.3, -0.25) is 4.79 Å². The largest absolute Gasteiger partial charge is 0.493 e. The summed E-state index contributed by atoms with van der Waals surface area (Å²) in [5.41, 5.74) is 1.89. The van der Waals surface area contributed by atoms with Crippen LogP contribution in [0.4, 0.5) is 0 Å². The van der Waals surface area contributed by atoms with Crippen LogP contribution in [0.1, 0.15) is 55.0 Å². The molecule has 0 unspecified atom stereocenters. The van der Waals surface area contributed by atoms with Crippen molar-refractivity contribution in [1.29, 1.82) is 0 Å². The number of hydrogen-bond acceptors (Lipinski definition) is 6. The van der Waals surface area contributed by atoms with Crippen molar-refractivity contribution in [2.75, 3.05) is 20.0 Å². The van der Waals surface area contributed by atoms with Crippen LogP contribution >= 0.6 is 23.1 Å². The van der Waals surface area contributed by atoms with Crippen LogP contribution in [0.5, 0.6) is 11.5 Å². The first-order chi connectivity index (χ1) is 14.7. The first-order valence-electron chi connectivity index (χ1n) is 10.5. The van der Waals surface area contributed by atoms with Crippen LogP contribution in [-0.4, -0.2) is 41.9 Å². The number of para-hydroxylation sites is 1. The van der Waals surface area contributed by atoms with Gasteiger partial charge in [-0.2, -0.15) is 5.10 Å². The second-order valence-electron chi connectivity index (χ2n) is 7.64. The molecule has 0 spiro atoms. The minimum atomic E-state index is -0.188. The third kappa shape index (κ3) is 4.52. The van der Waals surface area contributed by atoms with Gasteiger partial charge in [0, 0.05) is 17.2 Å². The van der Waals surface area contributed by atoms with Crippen molar-refractivity contribution in [1.82, 2.24) is 5.01 Å². The average Bonchev–Trinajstić information content (AvgIpc) is 3.47. The maximum Gasteiger partial charge on any atom is 0.253 e. The van der Waals surface area contributed by atoms with Gasteiger partial charge < -0.3 is 9.47 Å². The van der Waals surface area contributed by atoms with Crippen LogP contribution in [0.15, 0.2) is 40.8 Å². The minimum Gasteiger partial charge on any atom is -0.493 e. The molecule has 1 fully saturated rings. The molecule has 0 N–H and O–H groups in total. The molecule has 2 aliphatic rings. The molecule has 4 rings (SSSR count). The van der Waals surface area contributed by atoms with E-state index >= 15 is 0 Å². The molecule has 1 amide bonds. The number of benzene rings is 1. The third-order valence-electron chi connectivity index (χ3n) is 5.76. The lowest BCUT2D eigenvalue weighted by atomic mass is 9.99. The summed E-state index contributed by atoms with van der Waals surface area (Å²) in [6, 6.07) is 9.73. The first-order valence-corrected chi connectivity index (χ1v) is 12.4. The van der Waals surface area contributed by atoms with E-state index in [1.165, 1.54) is 32.1 Å². The fourth-order valence-electron chi connectivity index (χ4n) is 4.24. The molecule has 0 bridgehead atoms. The topological polar surface area (TPSA) is 51.1 Å². The molecule has 2 aromatic rings. The molecule has 7 heteroatoms. The number of nitrogens with zero attached hydrogens (tertiary/aromatic N) is 2. The Hall–Kier alpha value is -1.99. The maximum absolute atomic E-state index is 13.3. The quantitative estimate of drug-likeness (QED) is 0.565. The van der Waals surface area contributed by atoms with E-state index in [9.17, 15) is 4.79 Å². The molecule has 160 valence electrons. The van der Waals surface area contributed by atoms with E-state index in [2.05, 4.69) is 6.07 Å². The molecule has 1 aromatic carbocycles. The van der Waals surface area contributed by atoms with E-state index in [-0.39, 0.29) is 11.9 Å². The van der Waals surface area contributed by atoms with E-state index in [4.69, 9.17) is 14.6 Å². The number of carbonyl (C=O) groups excluding carboxylic acids is 1. The van der Waals surface area contributed by atoms with Crippen molar-refractivity contribution in [3.8, 4) is 11.5 Å². The Kier molecular flexibility index (Phi) is 7.00. The van der Waals surface area contributed by atoms with E-state index in [1.807, 2.05) is 29.6 Å². The molecule has 1 atom stereocenters. The predicted octanol–water partition coefficient (Wildman–Crippen LogP) is 5.51. The van der Waals surface area contributed by atoms with E-state index in [0.717, 1.165) is 16.2 Å². The summed E-state index contributed by atoms with van der Waals surface area (Å²) >= 11 is 3.45. The smallest absolute Gasteiger partial charge is 0.253 e. The second kappa shape index (κ2) is 9.88. The highest BCUT2D eigenvalue weighted by Gasteiger charge is 2.36. The van der Waals surface area contributed by atoms with Gasteiger partial charge in [0.1, 0.15) is 0 Å².